The van der Waals surface area contributed by atoms with Gasteiger partial charge in [-0.25, -0.2) is 15.0 Å². The molecule has 1 amide bonds. The second kappa shape index (κ2) is 11.0. The van der Waals surface area contributed by atoms with Crippen LogP contribution in [0.5, 0.6) is 5.75 Å². The third-order valence-corrected chi connectivity index (χ3v) is 4.91. The Morgan fingerprint density at radius 3 is 2.66 bits per heavy atom. The van der Waals surface area contributed by atoms with Gasteiger partial charge in [0.2, 0.25) is 5.95 Å². The number of carbonyl (C=O) groups excluding carboxylic acids is 1. The van der Waals surface area contributed by atoms with Crippen molar-refractivity contribution in [1.82, 2.24) is 40.3 Å². The molecule has 0 unspecified atom stereocenters. The minimum atomic E-state index is -0.311. The Hall–Kier alpha value is -4.58. The van der Waals surface area contributed by atoms with Crippen molar-refractivity contribution in [2.75, 3.05) is 37.9 Å². The number of nitrogens with one attached hydrogen (secondary N) is 4. The molecule has 12 nitrogen and oxygen atoms in total. The summed E-state index contributed by atoms with van der Waals surface area (Å²) in [5.41, 5.74) is 1.55. The molecule has 4 rings (SSSR count). The molecule has 0 aliphatic carbocycles. The van der Waals surface area contributed by atoms with Crippen molar-refractivity contribution >= 4 is 29.2 Å². The van der Waals surface area contributed by atoms with E-state index in [-0.39, 0.29) is 17.4 Å². The molecule has 1 aromatic carbocycles. The van der Waals surface area contributed by atoms with Gasteiger partial charge in [-0.1, -0.05) is 12.1 Å². The number of hydrogen-bond acceptors (Lipinski definition) is 10. The largest absolute Gasteiger partial charge is 0.494 e. The molecule has 0 spiro atoms. The topological polar surface area (TPSA) is 144 Å². The number of anilines is 4. The minimum Gasteiger partial charge on any atom is -0.494 e. The van der Waals surface area contributed by atoms with Crippen LogP contribution in [0.2, 0.25) is 0 Å². The Labute approximate surface area is 202 Å². The van der Waals surface area contributed by atoms with E-state index in [0.717, 1.165) is 0 Å². The second-order valence-corrected chi connectivity index (χ2v) is 7.41. The molecular weight excluding hydrogens is 448 g/mol. The predicted octanol–water partition coefficient (Wildman–Crippen LogP) is 2.11. The number of ether oxygens (including phenoxy) is 1. The van der Waals surface area contributed by atoms with Gasteiger partial charge in [-0.05, 0) is 31.3 Å². The number of rotatable bonds is 10. The number of para-hydroxylation sites is 1. The highest BCUT2D eigenvalue weighted by molar-refractivity contribution is 5.99. The highest BCUT2D eigenvalue weighted by Crippen LogP contribution is 2.36. The smallest absolute Gasteiger partial charge is 0.256 e. The standard InChI is InChI=1S/C23H26N10O2/c1-24-11-12-26-22(34)16-13-27-23(30-18-9-4-5-10-25-18)31-21(16)29-17-8-6-7-15(19(17)35-3)20-28-14-33(2)32-20/h4-10,13-14,24H,11-12H2,1-3H3,(H,26,34)(H2,25,27,29,30,31). The summed E-state index contributed by atoms with van der Waals surface area (Å²) in [6.45, 7) is 1.08. The Morgan fingerprint density at radius 1 is 1.06 bits per heavy atom. The number of likely N-dealkylation sites (N-methyl/N-ethyl adjacent to an activating group) is 1. The van der Waals surface area contributed by atoms with Gasteiger partial charge in [0, 0.05) is 32.5 Å². The maximum atomic E-state index is 12.9. The average molecular weight is 475 g/mol. The minimum absolute atomic E-state index is 0.274. The molecule has 4 aromatic rings. The summed E-state index contributed by atoms with van der Waals surface area (Å²) in [5, 5.41) is 16.5. The molecule has 35 heavy (non-hydrogen) atoms. The van der Waals surface area contributed by atoms with Crippen molar-refractivity contribution in [1.29, 1.82) is 0 Å². The zero-order valence-electron chi connectivity index (χ0n) is 19.6. The average Bonchev–Trinajstić information content (AvgIpc) is 3.31. The Kier molecular flexibility index (Phi) is 7.43. The molecule has 0 aliphatic heterocycles. The zero-order chi connectivity index (χ0) is 24.6. The van der Waals surface area contributed by atoms with E-state index in [0.29, 0.717) is 47.5 Å². The lowest BCUT2D eigenvalue weighted by Crippen LogP contribution is -2.31. The van der Waals surface area contributed by atoms with Crippen molar-refractivity contribution in [3.8, 4) is 17.1 Å². The first kappa shape index (κ1) is 23.6. The molecule has 0 atom stereocenters. The number of aryl methyl sites for hydroxylation is 1. The number of hydrogen-bond donors (Lipinski definition) is 4. The first-order valence-corrected chi connectivity index (χ1v) is 10.9. The van der Waals surface area contributed by atoms with Crippen LogP contribution in [0.15, 0.2) is 55.1 Å². The Bertz CT molecular complexity index is 1290. The van der Waals surface area contributed by atoms with E-state index in [1.54, 1.807) is 37.4 Å². The zero-order valence-corrected chi connectivity index (χ0v) is 19.6. The van der Waals surface area contributed by atoms with E-state index >= 15 is 0 Å². The van der Waals surface area contributed by atoms with Gasteiger partial charge in [-0.3, -0.25) is 9.48 Å². The number of benzene rings is 1. The Morgan fingerprint density at radius 2 is 1.94 bits per heavy atom. The monoisotopic (exact) mass is 474 g/mol. The summed E-state index contributed by atoms with van der Waals surface area (Å²) in [6.07, 6.45) is 4.74. The molecule has 0 fully saturated rings. The van der Waals surface area contributed by atoms with Crippen LogP contribution in [0.1, 0.15) is 10.4 Å². The van der Waals surface area contributed by atoms with Crippen LogP contribution in [0.25, 0.3) is 11.4 Å². The van der Waals surface area contributed by atoms with E-state index in [2.05, 4.69) is 46.3 Å². The fourth-order valence-corrected chi connectivity index (χ4v) is 3.27. The van der Waals surface area contributed by atoms with Crippen LogP contribution in [-0.2, 0) is 7.05 Å². The highest BCUT2D eigenvalue weighted by atomic mass is 16.5. The van der Waals surface area contributed by atoms with Crippen molar-refractivity contribution in [3.05, 3.63) is 60.7 Å². The number of nitrogens with zero attached hydrogens (tertiary/aromatic N) is 6. The third kappa shape index (κ3) is 5.68. The fraction of sp³-hybridized carbons (Fsp3) is 0.217. The molecule has 3 heterocycles. The molecule has 3 aromatic heterocycles. The van der Waals surface area contributed by atoms with Crippen molar-refractivity contribution in [2.24, 2.45) is 7.05 Å². The van der Waals surface area contributed by atoms with Gasteiger partial charge < -0.3 is 26.0 Å². The van der Waals surface area contributed by atoms with Gasteiger partial charge in [0.05, 0.1) is 18.4 Å². The van der Waals surface area contributed by atoms with Crippen LogP contribution in [0.3, 0.4) is 0 Å². The number of aromatic nitrogens is 6. The molecular formula is C23H26N10O2. The van der Waals surface area contributed by atoms with Crippen LogP contribution < -0.4 is 26.0 Å². The van der Waals surface area contributed by atoms with Gasteiger partial charge >= 0.3 is 0 Å². The molecule has 0 aliphatic rings. The molecule has 0 saturated heterocycles. The van der Waals surface area contributed by atoms with Gasteiger partial charge in [0.1, 0.15) is 23.5 Å². The van der Waals surface area contributed by atoms with Gasteiger partial charge in [0.15, 0.2) is 11.6 Å². The van der Waals surface area contributed by atoms with E-state index in [1.165, 1.54) is 6.20 Å². The number of amides is 1. The maximum absolute atomic E-state index is 12.9. The number of pyridine rings is 1. The van der Waals surface area contributed by atoms with E-state index in [9.17, 15) is 4.79 Å². The summed E-state index contributed by atoms with van der Waals surface area (Å²) in [4.78, 5) is 30.3. The van der Waals surface area contributed by atoms with Crippen LogP contribution in [0, 0.1) is 0 Å². The van der Waals surface area contributed by atoms with Crippen LogP contribution in [-0.4, -0.2) is 62.9 Å². The predicted molar refractivity (Wildman–Crippen MR) is 132 cm³/mol. The van der Waals surface area contributed by atoms with Gasteiger partial charge in [-0.15, -0.1) is 0 Å². The summed E-state index contributed by atoms with van der Waals surface area (Å²) in [6, 6.07) is 11.0. The fourth-order valence-electron chi connectivity index (χ4n) is 3.27. The number of methoxy groups -OCH3 is 1. The summed E-state index contributed by atoms with van der Waals surface area (Å²) < 4.78 is 7.30. The summed E-state index contributed by atoms with van der Waals surface area (Å²) >= 11 is 0. The maximum Gasteiger partial charge on any atom is 0.256 e. The SMILES string of the molecule is CNCCNC(=O)c1cnc(Nc2ccccn2)nc1Nc1cccc(-c2ncn(C)n2)c1OC. The van der Waals surface area contributed by atoms with E-state index in [1.807, 2.05) is 37.4 Å². The lowest BCUT2D eigenvalue weighted by molar-refractivity contribution is 0.0954. The van der Waals surface area contributed by atoms with E-state index < -0.39 is 0 Å². The lowest BCUT2D eigenvalue weighted by atomic mass is 10.1. The molecule has 12 heteroatoms. The highest BCUT2D eigenvalue weighted by Gasteiger charge is 2.19. The second-order valence-electron chi connectivity index (χ2n) is 7.41. The van der Waals surface area contributed by atoms with Gasteiger partial charge in [-0.2, -0.15) is 10.1 Å². The van der Waals surface area contributed by atoms with Crippen LogP contribution >= 0.6 is 0 Å². The first-order chi connectivity index (χ1) is 17.1. The van der Waals surface area contributed by atoms with Crippen LogP contribution in [0.4, 0.5) is 23.3 Å². The molecule has 4 N–H and O–H groups in total. The molecule has 0 saturated carbocycles. The first-order valence-electron chi connectivity index (χ1n) is 10.9. The lowest BCUT2D eigenvalue weighted by Gasteiger charge is -2.16. The van der Waals surface area contributed by atoms with Crippen molar-refractivity contribution in [3.63, 3.8) is 0 Å². The summed E-state index contributed by atoms with van der Waals surface area (Å²) in [5.74, 6) is 1.86. The quantitative estimate of drug-likeness (QED) is 0.252. The normalized spacial score (nSPS) is 10.6. The van der Waals surface area contributed by atoms with Crippen molar-refractivity contribution < 1.29 is 9.53 Å². The Balaban J connectivity index is 1.71. The number of carbonyl (C=O) groups is 1. The van der Waals surface area contributed by atoms with E-state index in [4.69, 9.17) is 4.74 Å². The molecule has 180 valence electrons. The third-order valence-electron chi connectivity index (χ3n) is 4.91. The van der Waals surface area contributed by atoms with Gasteiger partial charge in [0.25, 0.3) is 5.91 Å². The van der Waals surface area contributed by atoms with Crippen molar-refractivity contribution in [2.45, 2.75) is 0 Å². The summed E-state index contributed by atoms with van der Waals surface area (Å²) in [7, 11) is 5.17. The molecule has 0 radical (unpaired) electrons. The molecule has 0 bridgehead atoms.